The molecule has 1 aliphatic heterocycles. The molecule has 0 atom stereocenters. The lowest BCUT2D eigenvalue weighted by Gasteiger charge is -2.38. The zero-order valence-corrected chi connectivity index (χ0v) is 14.4. The van der Waals surface area contributed by atoms with Gasteiger partial charge in [-0.2, -0.15) is 0 Å². The fourth-order valence-corrected chi connectivity index (χ4v) is 4.25. The topological polar surface area (TPSA) is 32.3 Å². The summed E-state index contributed by atoms with van der Waals surface area (Å²) in [6.45, 7) is 4.11. The van der Waals surface area contributed by atoms with Crippen LogP contribution in [-0.4, -0.2) is 36.1 Å². The molecular formula is C21H22N4. The van der Waals surface area contributed by atoms with Crippen molar-refractivity contribution in [2.75, 3.05) is 36.0 Å². The van der Waals surface area contributed by atoms with E-state index in [4.69, 9.17) is 4.98 Å². The number of aryl methyl sites for hydroxylation is 1. The van der Waals surface area contributed by atoms with E-state index in [9.17, 15) is 0 Å². The summed E-state index contributed by atoms with van der Waals surface area (Å²) in [6, 6.07) is 14.8. The first-order valence-electron chi connectivity index (χ1n) is 9.21. The number of rotatable bonds is 2. The van der Waals surface area contributed by atoms with Crippen molar-refractivity contribution in [2.45, 2.75) is 19.3 Å². The number of hydrogen-bond acceptors (Lipinski definition) is 4. The van der Waals surface area contributed by atoms with Crippen molar-refractivity contribution >= 4 is 22.4 Å². The zero-order chi connectivity index (χ0) is 16.6. The average molecular weight is 330 g/mol. The van der Waals surface area contributed by atoms with Gasteiger partial charge in [0.05, 0.1) is 11.2 Å². The molecule has 25 heavy (non-hydrogen) atoms. The van der Waals surface area contributed by atoms with E-state index < -0.39 is 0 Å². The lowest BCUT2D eigenvalue weighted by atomic mass is 10.0. The van der Waals surface area contributed by atoms with Crippen LogP contribution < -0.4 is 9.80 Å². The Kier molecular flexibility index (Phi) is 3.54. The molecule has 4 heteroatoms. The Morgan fingerprint density at radius 3 is 2.44 bits per heavy atom. The monoisotopic (exact) mass is 330 g/mol. The normalized spacial score (nSPS) is 17.1. The van der Waals surface area contributed by atoms with Crippen LogP contribution in [0.5, 0.6) is 0 Å². The molecule has 126 valence electrons. The molecule has 2 aromatic heterocycles. The molecule has 2 aliphatic rings. The van der Waals surface area contributed by atoms with E-state index >= 15 is 0 Å². The van der Waals surface area contributed by atoms with Gasteiger partial charge < -0.3 is 9.80 Å². The SMILES string of the molecule is c1ccc(N2CCN(c3c4c(nc5ccccc35)CCC4)CC2)nc1. The summed E-state index contributed by atoms with van der Waals surface area (Å²) in [5, 5.41) is 1.31. The van der Waals surface area contributed by atoms with E-state index in [1.165, 1.54) is 35.2 Å². The van der Waals surface area contributed by atoms with Gasteiger partial charge in [0.2, 0.25) is 0 Å². The largest absolute Gasteiger partial charge is 0.367 e. The first kappa shape index (κ1) is 14.7. The molecule has 0 unspecified atom stereocenters. The van der Waals surface area contributed by atoms with E-state index in [2.05, 4.69) is 51.2 Å². The van der Waals surface area contributed by atoms with Crippen LogP contribution in [-0.2, 0) is 12.8 Å². The molecule has 0 N–H and O–H groups in total. The number of benzene rings is 1. The van der Waals surface area contributed by atoms with E-state index in [1.807, 2.05) is 12.3 Å². The third-order valence-electron chi connectivity index (χ3n) is 5.46. The summed E-state index contributed by atoms with van der Waals surface area (Å²) < 4.78 is 0. The highest BCUT2D eigenvalue weighted by Crippen LogP contribution is 2.37. The second kappa shape index (κ2) is 6.03. The standard InChI is InChI=1S/C21H22N4/c1-2-8-18-16(6-1)21(17-7-5-9-19(17)23-18)25-14-12-24(13-15-25)20-10-3-4-11-22-20/h1-4,6,8,10-11H,5,7,9,12-15H2. The maximum atomic E-state index is 4.93. The molecule has 1 saturated heterocycles. The molecule has 4 nitrogen and oxygen atoms in total. The third-order valence-corrected chi connectivity index (χ3v) is 5.46. The van der Waals surface area contributed by atoms with Crippen LogP contribution in [0.3, 0.4) is 0 Å². The Morgan fingerprint density at radius 2 is 1.60 bits per heavy atom. The highest BCUT2D eigenvalue weighted by molar-refractivity contribution is 5.94. The molecule has 1 aliphatic carbocycles. The second-order valence-corrected chi connectivity index (χ2v) is 6.92. The molecule has 5 rings (SSSR count). The Hall–Kier alpha value is -2.62. The highest BCUT2D eigenvalue weighted by atomic mass is 15.3. The molecule has 0 amide bonds. The fraction of sp³-hybridized carbons (Fsp3) is 0.333. The predicted molar refractivity (Wildman–Crippen MR) is 102 cm³/mol. The van der Waals surface area contributed by atoms with Crippen molar-refractivity contribution in [3.8, 4) is 0 Å². The number of nitrogens with zero attached hydrogens (tertiary/aromatic N) is 4. The molecular weight excluding hydrogens is 308 g/mol. The van der Waals surface area contributed by atoms with Crippen molar-refractivity contribution in [3.63, 3.8) is 0 Å². The van der Waals surface area contributed by atoms with Crippen molar-refractivity contribution in [1.82, 2.24) is 9.97 Å². The van der Waals surface area contributed by atoms with Gasteiger partial charge in [-0.25, -0.2) is 4.98 Å². The Morgan fingerprint density at radius 1 is 0.800 bits per heavy atom. The van der Waals surface area contributed by atoms with Crippen LogP contribution in [0, 0.1) is 0 Å². The number of aromatic nitrogens is 2. The van der Waals surface area contributed by atoms with Crippen molar-refractivity contribution < 1.29 is 0 Å². The molecule has 3 heterocycles. The van der Waals surface area contributed by atoms with Gasteiger partial charge in [0.15, 0.2) is 0 Å². The van der Waals surface area contributed by atoms with Crippen molar-refractivity contribution in [3.05, 3.63) is 59.9 Å². The highest BCUT2D eigenvalue weighted by Gasteiger charge is 2.26. The molecule has 3 aromatic rings. The smallest absolute Gasteiger partial charge is 0.128 e. The lowest BCUT2D eigenvalue weighted by Crippen LogP contribution is -2.47. The quantitative estimate of drug-likeness (QED) is 0.720. The predicted octanol–water partition coefficient (Wildman–Crippen LogP) is 3.45. The van der Waals surface area contributed by atoms with Gasteiger partial charge in [-0.15, -0.1) is 0 Å². The van der Waals surface area contributed by atoms with Crippen LogP contribution in [0.4, 0.5) is 11.5 Å². The minimum atomic E-state index is 1.02. The van der Waals surface area contributed by atoms with Crippen LogP contribution in [0.25, 0.3) is 10.9 Å². The summed E-state index contributed by atoms with van der Waals surface area (Å²) in [6.07, 6.45) is 5.41. The molecule has 0 radical (unpaired) electrons. The minimum absolute atomic E-state index is 1.02. The molecule has 0 bridgehead atoms. The van der Waals surface area contributed by atoms with Gasteiger partial charge in [-0.1, -0.05) is 24.3 Å². The van der Waals surface area contributed by atoms with Crippen LogP contribution in [0.15, 0.2) is 48.7 Å². The Labute approximate surface area is 148 Å². The third kappa shape index (κ3) is 2.53. The van der Waals surface area contributed by atoms with Gasteiger partial charge in [-0.3, -0.25) is 4.98 Å². The summed E-state index contributed by atoms with van der Waals surface area (Å²) in [7, 11) is 0. The summed E-state index contributed by atoms with van der Waals surface area (Å²) >= 11 is 0. The zero-order valence-electron chi connectivity index (χ0n) is 14.4. The van der Waals surface area contributed by atoms with E-state index in [-0.39, 0.29) is 0 Å². The van der Waals surface area contributed by atoms with Gasteiger partial charge in [-0.05, 0) is 43.0 Å². The number of fused-ring (bicyclic) bond motifs is 2. The molecule has 0 saturated carbocycles. The lowest BCUT2D eigenvalue weighted by molar-refractivity contribution is 0.647. The maximum absolute atomic E-state index is 4.93. The van der Waals surface area contributed by atoms with Crippen LogP contribution in [0.2, 0.25) is 0 Å². The first-order valence-corrected chi connectivity index (χ1v) is 9.21. The van der Waals surface area contributed by atoms with Crippen molar-refractivity contribution in [2.24, 2.45) is 0 Å². The Balaban J connectivity index is 1.49. The molecule has 1 fully saturated rings. The minimum Gasteiger partial charge on any atom is -0.367 e. The van der Waals surface area contributed by atoms with Gasteiger partial charge >= 0.3 is 0 Å². The number of para-hydroxylation sites is 1. The number of piperazine rings is 1. The fourth-order valence-electron chi connectivity index (χ4n) is 4.25. The number of hydrogen-bond donors (Lipinski definition) is 0. The van der Waals surface area contributed by atoms with E-state index in [1.54, 1.807) is 0 Å². The summed E-state index contributed by atoms with van der Waals surface area (Å²) in [5.41, 5.74) is 5.40. The van der Waals surface area contributed by atoms with Crippen LogP contribution >= 0.6 is 0 Å². The average Bonchev–Trinajstić information content (AvgIpc) is 3.15. The van der Waals surface area contributed by atoms with Crippen LogP contribution in [0.1, 0.15) is 17.7 Å². The second-order valence-electron chi connectivity index (χ2n) is 6.92. The molecule has 0 spiro atoms. The maximum Gasteiger partial charge on any atom is 0.128 e. The summed E-state index contributed by atoms with van der Waals surface area (Å²) in [4.78, 5) is 14.4. The van der Waals surface area contributed by atoms with Gasteiger partial charge in [0.1, 0.15) is 5.82 Å². The van der Waals surface area contributed by atoms with Gasteiger partial charge in [0.25, 0.3) is 0 Å². The Bertz CT molecular complexity index is 898. The number of pyridine rings is 2. The van der Waals surface area contributed by atoms with Crippen molar-refractivity contribution in [1.29, 1.82) is 0 Å². The molecule has 1 aromatic carbocycles. The van der Waals surface area contributed by atoms with E-state index in [0.717, 1.165) is 43.9 Å². The number of anilines is 2. The van der Waals surface area contributed by atoms with E-state index in [0.29, 0.717) is 0 Å². The first-order chi connectivity index (χ1) is 12.4. The summed E-state index contributed by atoms with van der Waals surface area (Å²) in [5.74, 6) is 1.09. The van der Waals surface area contributed by atoms with Gasteiger partial charge in [0, 0.05) is 43.5 Å².